The average molecular weight is 389 g/mol. The molecule has 0 unspecified atom stereocenters. The van der Waals surface area contributed by atoms with E-state index in [9.17, 15) is 0 Å². The second kappa shape index (κ2) is 10.3. The number of aryl methyl sites for hydroxylation is 2. The van der Waals surface area contributed by atoms with Gasteiger partial charge in [0.15, 0.2) is 0 Å². The van der Waals surface area contributed by atoms with Crippen LogP contribution < -0.4 is 0 Å². The van der Waals surface area contributed by atoms with E-state index in [0.29, 0.717) is 5.92 Å². The molecule has 0 bridgehead atoms. The fourth-order valence-electron chi connectivity index (χ4n) is 5.39. The van der Waals surface area contributed by atoms with Crippen molar-refractivity contribution in [1.82, 2.24) is 0 Å². The van der Waals surface area contributed by atoms with Crippen molar-refractivity contribution in [1.29, 1.82) is 0 Å². The molecule has 1 atom stereocenters. The van der Waals surface area contributed by atoms with Gasteiger partial charge in [-0.1, -0.05) is 107 Å². The molecule has 0 aliphatic heterocycles. The van der Waals surface area contributed by atoms with Crippen molar-refractivity contribution in [2.24, 2.45) is 5.41 Å². The summed E-state index contributed by atoms with van der Waals surface area (Å²) in [7, 11) is 0. The highest BCUT2D eigenvalue weighted by Gasteiger charge is 2.38. The average Bonchev–Trinajstić information content (AvgIpc) is 2.76. The van der Waals surface area contributed by atoms with Crippen LogP contribution in [0.25, 0.3) is 0 Å². The molecule has 1 aliphatic carbocycles. The zero-order chi connectivity index (χ0) is 20.7. The van der Waals surface area contributed by atoms with E-state index in [1.54, 1.807) is 0 Å². The van der Waals surface area contributed by atoms with Gasteiger partial charge >= 0.3 is 0 Å². The molecule has 156 valence electrons. The van der Waals surface area contributed by atoms with Gasteiger partial charge in [0.05, 0.1) is 0 Å². The first-order valence-electron chi connectivity index (χ1n) is 12.0. The number of rotatable bonds is 8. The summed E-state index contributed by atoms with van der Waals surface area (Å²) in [5.74, 6) is 0.326. The van der Waals surface area contributed by atoms with Gasteiger partial charge in [-0.3, -0.25) is 0 Å². The van der Waals surface area contributed by atoms with E-state index < -0.39 is 0 Å². The number of hydrogen-bond donors (Lipinski definition) is 0. The Labute approximate surface area is 179 Å². The molecule has 3 rings (SSSR count). The Hall–Kier alpha value is -1.82. The van der Waals surface area contributed by atoms with Gasteiger partial charge in [-0.25, -0.2) is 0 Å². The molecular weight excluding hydrogens is 348 g/mol. The Bertz CT molecular complexity index is 775. The topological polar surface area (TPSA) is 0 Å². The van der Waals surface area contributed by atoms with E-state index in [4.69, 9.17) is 6.58 Å². The molecule has 0 radical (unpaired) electrons. The summed E-state index contributed by atoms with van der Waals surface area (Å²) in [4.78, 5) is 0. The lowest BCUT2D eigenvalue weighted by molar-refractivity contribution is 0.242. The van der Waals surface area contributed by atoms with Crippen molar-refractivity contribution < 1.29 is 0 Å². The van der Waals surface area contributed by atoms with Crippen molar-refractivity contribution in [2.45, 2.75) is 90.9 Å². The minimum atomic E-state index is 0.284. The predicted octanol–water partition coefficient (Wildman–Crippen LogP) is 8.64. The van der Waals surface area contributed by atoms with Crippen molar-refractivity contribution in [3.63, 3.8) is 0 Å². The first kappa shape index (κ1) is 21.9. The van der Waals surface area contributed by atoms with Crippen LogP contribution in [0.15, 0.2) is 60.7 Å². The molecule has 2 aromatic carbocycles. The second-order valence-corrected chi connectivity index (χ2v) is 9.10. The lowest BCUT2D eigenvalue weighted by Crippen LogP contribution is -2.30. The Morgan fingerprint density at radius 1 is 0.931 bits per heavy atom. The van der Waals surface area contributed by atoms with E-state index in [1.807, 2.05) is 0 Å². The molecule has 0 heteroatoms. The van der Waals surface area contributed by atoms with E-state index in [2.05, 4.69) is 69.3 Å². The van der Waals surface area contributed by atoms with Crippen LogP contribution in [-0.2, 0) is 12.8 Å². The summed E-state index contributed by atoms with van der Waals surface area (Å²) in [6.45, 7) is 11.8. The van der Waals surface area contributed by atoms with Gasteiger partial charge in [0, 0.05) is 5.92 Å². The van der Waals surface area contributed by atoms with Crippen LogP contribution in [0.3, 0.4) is 0 Å². The highest BCUT2D eigenvalue weighted by Crippen LogP contribution is 2.52. The first-order chi connectivity index (χ1) is 14.1. The van der Waals surface area contributed by atoms with E-state index in [1.165, 1.54) is 85.6 Å². The van der Waals surface area contributed by atoms with Crippen LogP contribution in [0.1, 0.15) is 100 Å². The molecule has 1 aliphatic rings. The van der Waals surface area contributed by atoms with Gasteiger partial charge in [0.25, 0.3) is 0 Å². The lowest BCUT2D eigenvalue weighted by Gasteiger charge is -2.43. The number of hydrogen-bond acceptors (Lipinski definition) is 0. The molecule has 0 N–H and O–H groups in total. The first-order valence-corrected chi connectivity index (χ1v) is 12.0. The summed E-state index contributed by atoms with van der Waals surface area (Å²) in [6, 6.07) is 18.4. The Morgan fingerprint density at radius 3 is 2.24 bits per heavy atom. The number of benzene rings is 2. The molecule has 29 heavy (non-hydrogen) atoms. The molecule has 0 saturated carbocycles. The molecule has 0 spiro atoms. The number of fused-ring (bicyclic) bond motifs is 1. The van der Waals surface area contributed by atoms with Crippen molar-refractivity contribution in [3.05, 3.63) is 82.9 Å². The Kier molecular flexibility index (Phi) is 7.76. The van der Waals surface area contributed by atoms with E-state index in [-0.39, 0.29) is 5.41 Å². The van der Waals surface area contributed by atoms with Crippen LogP contribution in [0.4, 0.5) is 0 Å². The van der Waals surface area contributed by atoms with Gasteiger partial charge in [-0.15, -0.1) is 0 Å². The summed E-state index contributed by atoms with van der Waals surface area (Å²) in [6.07, 6.45) is 12.6. The highest BCUT2D eigenvalue weighted by molar-refractivity contribution is 5.48. The molecule has 0 nitrogen and oxygen atoms in total. The smallest absolute Gasteiger partial charge is 0.0304 e. The lowest BCUT2D eigenvalue weighted by atomic mass is 9.62. The fourth-order valence-corrected chi connectivity index (χ4v) is 5.39. The SMILES string of the molecule is C=C1[C@H](c2ccccc2)c2cc(CC)ccc2CCCC1(CCCC)CCCC. The van der Waals surface area contributed by atoms with Crippen LogP contribution in [0, 0.1) is 5.41 Å². The third-order valence-electron chi connectivity index (χ3n) is 7.21. The number of allylic oxidation sites excluding steroid dienone is 1. The summed E-state index contributed by atoms with van der Waals surface area (Å²) >= 11 is 0. The maximum Gasteiger partial charge on any atom is 0.0304 e. The monoisotopic (exact) mass is 388 g/mol. The molecular formula is C29H40. The van der Waals surface area contributed by atoms with Crippen LogP contribution >= 0.6 is 0 Å². The maximum absolute atomic E-state index is 4.89. The molecule has 0 heterocycles. The molecule has 0 amide bonds. The standard InChI is InChI=1S/C29H40/c1-5-8-19-29(20-9-6-2)21-13-16-25-18-17-24(7-3)22-27(25)28(23(29)4)26-14-11-10-12-15-26/h10-12,14-15,17-18,22,28H,4-9,13,16,19-21H2,1-3H3/t28-/m1/s1. The van der Waals surface area contributed by atoms with E-state index >= 15 is 0 Å². The van der Waals surface area contributed by atoms with Gasteiger partial charge < -0.3 is 0 Å². The van der Waals surface area contributed by atoms with Gasteiger partial charge in [-0.05, 0) is 66.2 Å². The third-order valence-corrected chi connectivity index (χ3v) is 7.21. The van der Waals surface area contributed by atoms with Crippen LogP contribution in [0.2, 0.25) is 0 Å². The van der Waals surface area contributed by atoms with Crippen molar-refractivity contribution >= 4 is 0 Å². The predicted molar refractivity (Wildman–Crippen MR) is 128 cm³/mol. The Morgan fingerprint density at radius 2 is 1.62 bits per heavy atom. The van der Waals surface area contributed by atoms with Crippen molar-refractivity contribution in [2.75, 3.05) is 0 Å². The van der Waals surface area contributed by atoms with E-state index in [0.717, 1.165) is 6.42 Å². The zero-order valence-corrected chi connectivity index (χ0v) is 19.0. The molecule has 2 aromatic rings. The largest absolute Gasteiger partial charge is 0.0983 e. The quantitative estimate of drug-likeness (QED) is 0.397. The van der Waals surface area contributed by atoms with Crippen molar-refractivity contribution in [3.8, 4) is 0 Å². The minimum absolute atomic E-state index is 0.284. The fraction of sp³-hybridized carbons (Fsp3) is 0.517. The zero-order valence-electron chi connectivity index (χ0n) is 19.0. The minimum Gasteiger partial charge on any atom is -0.0983 e. The summed E-state index contributed by atoms with van der Waals surface area (Å²) in [5, 5.41) is 0. The Balaban J connectivity index is 2.15. The maximum atomic E-state index is 4.89. The normalized spacial score (nSPS) is 18.7. The summed E-state index contributed by atoms with van der Waals surface area (Å²) in [5.41, 5.74) is 7.71. The number of unbranched alkanes of at least 4 members (excludes halogenated alkanes) is 2. The summed E-state index contributed by atoms with van der Waals surface area (Å²) < 4.78 is 0. The van der Waals surface area contributed by atoms with Crippen LogP contribution in [-0.4, -0.2) is 0 Å². The van der Waals surface area contributed by atoms with Crippen LogP contribution in [0.5, 0.6) is 0 Å². The second-order valence-electron chi connectivity index (χ2n) is 9.10. The molecule has 0 aromatic heterocycles. The highest BCUT2D eigenvalue weighted by atomic mass is 14.4. The third kappa shape index (κ3) is 4.85. The van der Waals surface area contributed by atoms with Gasteiger partial charge in [-0.2, -0.15) is 0 Å². The van der Waals surface area contributed by atoms with Gasteiger partial charge in [0.1, 0.15) is 0 Å². The van der Waals surface area contributed by atoms with Gasteiger partial charge in [0.2, 0.25) is 0 Å². The molecule has 0 saturated heterocycles. The molecule has 0 fully saturated rings.